The number of hydrogen-bond acceptors (Lipinski definition) is 5. The van der Waals surface area contributed by atoms with Crippen molar-refractivity contribution < 1.29 is 14.3 Å². The molecule has 5 heteroatoms. The van der Waals surface area contributed by atoms with E-state index in [-0.39, 0.29) is 12.6 Å². The van der Waals surface area contributed by atoms with E-state index in [1.54, 1.807) is 0 Å². The third-order valence-corrected chi connectivity index (χ3v) is 3.90. The molecule has 1 atom stereocenters. The normalized spacial score (nSPS) is 19.0. The minimum atomic E-state index is -0.377. The van der Waals surface area contributed by atoms with E-state index < -0.39 is 0 Å². The summed E-state index contributed by atoms with van der Waals surface area (Å²) in [6.45, 7) is 2.08. The second-order valence-electron chi connectivity index (χ2n) is 5.40. The molecule has 1 aliphatic rings. The van der Waals surface area contributed by atoms with Crippen LogP contribution in [0, 0.1) is 0 Å². The number of likely N-dealkylation sites (tertiary alicyclic amines) is 1. The van der Waals surface area contributed by atoms with Crippen LogP contribution in [-0.4, -0.2) is 50.8 Å². The van der Waals surface area contributed by atoms with Gasteiger partial charge in [-0.3, -0.25) is 0 Å². The van der Waals surface area contributed by atoms with E-state index in [2.05, 4.69) is 22.0 Å². The second-order valence-corrected chi connectivity index (χ2v) is 5.40. The molecule has 0 spiro atoms. The molecule has 21 heavy (non-hydrogen) atoms. The number of carbonyl (C=O) groups is 1. The molecule has 1 N–H and O–H groups in total. The molecular formula is C16H24N2O3. The van der Waals surface area contributed by atoms with E-state index in [1.165, 1.54) is 32.9 Å². The lowest BCUT2D eigenvalue weighted by Gasteiger charge is -2.32. The Morgan fingerprint density at radius 2 is 2.10 bits per heavy atom. The van der Waals surface area contributed by atoms with E-state index in [1.807, 2.05) is 24.3 Å². The quantitative estimate of drug-likeness (QED) is 0.814. The summed E-state index contributed by atoms with van der Waals surface area (Å²) in [5.74, 6) is 0.290. The van der Waals surface area contributed by atoms with Gasteiger partial charge in [-0.1, -0.05) is 6.42 Å². The predicted octanol–water partition coefficient (Wildman–Crippen LogP) is 2.13. The van der Waals surface area contributed by atoms with Crippen LogP contribution in [-0.2, 0) is 9.53 Å². The smallest absolute Gasteiger partial charge is 0.343 e. The monoisotopic (exact) mass is 292 g/mol. The molecular weight excluding hydrogens is 268 g/mol. The van der Waals surface area contributed by atoms with Crippen molar-refractivity contribution in [1.82, 2.24) is 4.90 Å². The number of carbonyl (C=O) groups excluding carboxylic acids is 1. The Kier molecular flexibility index (Phi) is 5.87. The first kappa shape index (κ1) is 15.6. The Morgan fingerprint density at radius 3 is 2.76 bits per heavy atom. The zero-order valence-corrected chi connectivity index (χ0v) is 12.8. The number of piperidine rings is 1. The summed E-state index contributed by atoms with van der Waals surface area (Å²) in [5, 5.41) is 3.46. The summed E-state index contributed by atoms with van der Waals surface area (Å²) in [6.07, 6.45) is 3.88. The zero-order chi connectivity index (χ0) is 15.1. The van der Waals surface area contributed by atoms with Crippen LogP contribution in [0.15, 0.2) is 24.3 Å². The highest BCUT2D eigenvalue weighted by Crippen LogP contribution is 2.18. The molecule has 1 unspecified atom stereocenters. The van der Waals surface area contributed by atoms with E-state index >= 15 is 0 Å². The summed E-state index contributed by atoms with van der Waals surface area (Å²) in [6, 6.07) is 8.25. The Hall–Kier alpha value is -1.75. The first-order chi connectivity index (χ1) is 10.2. The van der Waals surface area contributed by atoms with Gasteiger partial charge in [0.1, 0.15) is 5.75 Å². The lowest BCUT2D eigenvalue weighted by Crippen LogP contribution is -2.40. The van der Waals surface area contributed by atoms with Gasteiger partial charge in [-0.2, -0.15) is 0 Å². The maximum atomic E-state index is 11.0. The van der Waals surface area contributed by atoms with Gasteiger partial charge in [-0.25, -0.2) is 4.79 Å². The number of nitrogens with zero attached hydrogens (tertiary/aromatic N) is 1. The van der Waals surface area contributed by atoms with Crippen LogP contribution >= 0.6 is 0 Å². The maximum Gasteiger partial charge on any atom is 0.343 e. The van der Waals surface area contributed by atoms with Crippen molar-refractivity contribution in [3.63, 3.8) is 0 Å². The van der Waals surface area contributed by atoms with Crippen LogP contribution in [0.1, 0.15) is 19.3 Å². The molecule has 0 saturated carbocycles. The van der Waals surface area contributed by atoms with Gasteiger partial charge in [0.05, 0.1) is 7.11 Å². The Morgan fingerprint density at radius 1 is 1.33 bits per heavy atom. The van der Waals surface area contributed by atoms with Crippen LogP contribution < -0.4 is 10.1 Å². The molecule has 2 rings (SSSR count). The molecule has 1 aromatic carbocycles. The number of methoxy groups -OCH3 is 1. The van der Waals surface area contributed by atoms with Crippen LogP contribution in [0.4, 0.5) is 5.69 Å². The fraction of sp³-hybridized carbons (Fsp3) is 0.562. The molecule has 0 radical (unpaired) electrons. The Balaban J connectivity index is 1.78. The number of hydrogen-bond donors (Lipinski definition) is 1. The van der Waals surface area contributed by atoms with Crippen molar-refractivity contribution in [2.24, 2.45) is 0 Å². The molecule has 116 valence electrons. The first-order valence-electron chi connectivity index (χ1n) is 7.43. The number of ether oxygens (including phenoxy) is 2. The van der Waals surface area contributed by atoms with Crippen molar-refractivity contribution in [3.05, 3.63) is 24.3 Å². The molecule has 5 nitrogen and oxygen atoms in total. The van der Waals surface area contributed by atoms with E-state index in [0.29, 0.717) is 11.8 Å². The summed E-state index contributed by atoms with van der Waals surface area (Å²) >= 11 is 0. The molecule has 1 saturated heterocycles. The second kappa shape index (κ2) is 7.88. The third-order valence-electron chi connectivity index (χ3n) is 3.90. The van der Waals surface area contributed by atoms with Gasteiger partial charge in [0.25, 0.3) is 0 Å². The molecule has 1 aromatic rings. The van der Waals surface area contributed by atoms with Crippen molar-refractivity contribution in [2.45, 2.75) is 25.3 Å². The first-order valence-corrected chi connectivity index (χ1v) is 7.43. The van der Waals surface area contributed by atoms with Gasteiger partial charge < -0.3 is 19.7 Å². The van der Waals surface area contributed by atoms with Crippen molar-refractivity contribution in [1.29, 1.82) is 0 Å². The highest BCUT2D eigenvalue weighted by molar-refractivity contribution is 5.70. The van der Waals surface area contributed by atoms with Crippen LogP contribution in [0.25, 0.3) is 0 Å². The SMILES string of the molecule is COC(=O)COc1ccc(NCC2CCCCN2C)cc1. The molecule has 1 heterocycles. The van der Waals surface area contributed by atoms with Crippen LogP contribution in [0.2, 0.25) is 0 Å². The number of likely N-dealkylation sites (N-methyl/N-ethyl adjacent to an activating group) is 1. The van der Waals surface area contributed by atoms with Gasteiger partial charge in [-0.15, -0.1) is 0 Å². The Labute approximate surface area is 126 Å². The summed E-state index contributed by atoms with van der Waals surface area (Å²) in [4.78, 5) is 13.4. The number of nitrogens with one attached hydrogen (secondary N) is 1. The summed E-state index contributed by atoms with van der Waals surface area (Å²) in [7, 11) is 3.54. The standard InChI is InChI=1S/C16H24N2O3/c1-18-10-4-3-5-14(18)11-17-13-6-8-15(9-7-13)21-12-16(19)20-2/h6-9,14,17H,3-5,10-12H2,1-2H3. The highest BCUT2D eigenvalue weighted by atomic mass is 16.6. The molecule has 0 aromatic heterocycles. The van der Waals surface area contributed by atoms with Crippen molar-refractivity contribution in [3.8, 4) is 5.75 Å². The molecule has 0 aliphatic carbocycles. The Bertz CT molecular complexity index is 447. The van der Waals surface area contributed by atoms with Gasteiger partial charge in [0, 0.05) is 18.3 Å². The minimum Gasteiger partial charge on any atom is -0.482 e. The van der Waals surface area contributed by atoms with Crippen LogP contribution in [0.3, 0.4) is 0 Å². The molecule has 1 aliphatic heterocycles. The van der Waals surface area contributed by atoms with E-state index in [9.17, 15) is 4.79 Å². The fourth-order valence-corrected chi connectivity index (χ4v) is 2.51. The zero-order valence-electron chi connectivity index (χ0n) is 12.8. The van der Waals surface area contributed by atoms with Gasteiger partial charge in [-0.05, 0) is 50.7 Å². The maximum absolute atomic E-state index is 11.0. The minimum absolute atomic E-state index is 0.0594. The number of anilines is 1. The number of benzene rings is 1. The largest absolute Gasteiger partial charge is 0.482 e. The topological polar surface area (TPSA) is 50.8 Å². The third kappa shape index (κ3) is 4.93. The van der Waals surface area contributed by atoms with E-state index in [4.69, 9.17) is 4.74 Å². The van der Waals surface area contributed by atoms with Gasteiger partial charge in [0.15, 0.2) is 6.61 Å². The molecule has 0 amide bonds. The van der Waals surface area contributed by atoms with Gasteiger partial charge in [0.2, 0.25) is 0 Å². The van der Waals surface area contributed by atoms with E-state index in [0.717, 1.165) is 12.2 Å². The fourth-order valence-electron chi connectivity index (χ4n) is 2.51. The average molecular weight is 292 g/mol. The average Bonchev–Trinajstić information content (AvgIpc) is 2.53. The number of rotatable bonds is 6. The number of esters is 1. The molecule has 0 bridgehead atoms. The summed E-state index contributed by atoms with van der Waals surface area (Å²) in [5.41, 5.74) is 1.07. The lowest BCUT2D eigenvalue weighted by molar-refractivity contribution is -0.142. The predicted molar refractivity (Wildman–Crippen MR) is 82.7 cm³/mol. The van der Waals surface area contributed by atoms with Crippen molar-refractivity contribution in [2.75, 3.05) is 39.2 Å². The molecule has 1 fully saturated rings. The van der Waals surface area contributed by atoms with Gasteiger partial charge >= 0.3 is 5.97 Å². The summed E-state index contributed by atoms with van der Waals surface area (Å²) < 4.78 is 9.85. The van der Waals surface area contributed by atoms with Crippen LogP contribution in [0.5, 0.6) is 5.75 Å². The van der Waals surface area contributed by atoms with Crippen molar-refractivity contribution >= 4 is 11.7 Å². The highest BCUT2D eigenvalue weighted by Gasteiger charge is 2.18. The lowest BCUT2D eigenvalue weighted by atomic mass is 10.0.